The van der Waals surface area contributed by atoms with Crippen LogP contribution in [0.25, 0.3) is 0 Å². The van der Waals surface area contributed by atoms with Gasteiger partial charge < -0.3 is 24.4 Å². The topological polar surface area (TPSA) is 77.1 Å². The van der Waals surface area contributed by atoms with E-state index in [9.17, 15) is 9.59 Å². The van der Waals surface area contributed by atoms with Gasteiger partial charge in [-0.15, -0.1) is 0 Å². The highest BCUT2D eigenvalue weighted by Gasteiger charge is 2.19. The van der Waals surface area contributed by atoms with E-state index in [-0.39, 0.29) is 0 Å². The normalized spacial score (nSPS) is 11.6. The van der Waals surface area contributed by atoms with Crippen LogP contribution in [0.3, 0.4) is 0 Å². The van der Waals surface area contributed by atoms with Crippen LogP contribution in [0.1, 0.15) is 34.1 Å². The van der Waals surface area contributed by atoms with Crippen molar-refractivity contribution in [2.75, 3.05) is 32.6 Å². The van der Waals surface area contributed by atoms with E-state index in [4.69, 9.17) is 14.2 Å². The molecular weight excluding hydrogens is 348 g/mol. The first-order valence-electron chi connectivity index (χ1n) is 8.87. The largest absolute Gasteiger partial charge is 0.497 e. The average Bonchev–Trinajstić information content (AvgIpc) is 2.58. The summed E-state index contributed by atoms with van der Waals surface area (Å²) >= 11 is 0. The Morgan fingerprint density at radius 1 is 1.19 bits per heavy atom. The quantitative estimate of drug-likeness (QED) is 0.547. The zero-order chi connectivity index (χ0) is 20.4. The lowest BCUT2D eigenvalue weighted by Crippen LogP contribution is -2.35. The molecule has 0 radical (unpaired) electrons. The number of amides is 1. The number of nitrogens with one attached hydrogen (secondary N) is 1. The second-order valence-corrected chi connectivity index (χ2v) is 6.93. The molecule has 0 saturated heterocycles. The molecule has 0 spiro atoms. The van der Waals surface area contributed by atoms with Crippen molar-refractivity contribution in [3.8, 4) is 5.75 Å². The van der Waals surface area contributed by atoms with Gasteiger partial charge in [-0.1, -0.05) is 0 Å². The molecular formula is C20H30N2O5. The molecule has 1 amide bonds. The van der Waals surface area contributed by atoms with Crippen molar-refractivity contribution in [3.05, 3.63) is 36.0 Å². The molecule has 7 heteroatoms. The van der Waals surface area contributed by atoms with Crippen LogP contribution in [-0.4, -0.2) is 49.9 Å². The molecule has 1 aromatic rings. The van der Waals surface area contributed by atoms with Crippen LogP contribution >= 0.6 is 0 Å². The number of carbonyl (C=O) groups is 2. The van der Waals surface area contributed by atoms with E-state index in [1.807, 2.05) is 45.0 Å². The summed E-state index contributed by atoms with van der Waals surface area (Å²) in [7, 11) is 3.25. The minimum atomic E-state index is -0.559. The standard InChI is InChI=1S/C20H30N2O5/c1-7-26-18(23)14-16(21-15-8-10-17(25-6)11-9-15)12-13-22(5)19(24)27-20(2,3)4/h8-11,14,21H,7,12-13H2,1-6H3. The van der Waals surface area contributed by atoms with E-state index in [0.29, 0.717) is 25.3 Å². The summed E-state index contributed by atoms with van der Waals surface area (Å²) in [6.07, 6.45) is 1.42. The van der Waals surface area contributed by atoms with Crippen LogP contribution in [0.2, 0.25) is 0 Å². The van der Waals surface area contributed by atoms with Gasteiger partial charge in [-0.25, -0.2) is 9.59 Å². The summed E-state index contributed by atoms with van der Waals surface area (Å²) in [4.78, 5) is 25.4. The second kappa shape index (κ2) is 10.4. The molecule has 0 bridgehead atoms. The molecule has 0 fully saturated rings. The number of rotatable bonds is 8. The van der Waals surface area contributed by atoms with Crippen molar-refractivity contribution in [2.24, 2.45) is 0 Å². The predicted octanol–water partition coefficient (Wildman–Crippen LogP) is 3.81. The van der Waals surface area contributed by atoms with Gasteiger partial charge >= 0.3 is 12.1 Å². The maximum Gasteiger partial charge on any atom is 0.410 e. The van der Waals surface area contributed by atoms with Crippen LogP contribution in [0, 0.1) is 0 Å². The summed E-state index contributed by atoms with van der Waals surface area (Å²) < 4.78 is 15.5. The average molecular weight is 378 g/mol. The SMILES string of the molecule is CCOC(=O)C=C(CCN(C)C(=O)OC(C)(C)C)Nc1ccc(OC)cc1. The van der Waals surface area contributed by atoms with E-state index in [1.165, 1.54) is 11.0 Å². The highest BCUT2D eigenvalue weighted by atomic mass is 16.6. The first-order chi connectivity index (χ1) is 12.6. The number of carbonyl (C=O) groups excluding carboxylic acids is 2. The first kappa shape index (κ1) is 22.3. The molecule has 1 N–H and O–H groups in total. The Labute approximate surface area is 161 Å². The maximum absolute atomic E-state index is 12.1. The maximum atomic E-state index is 12.1. The van der Waals surface area contributed by atoms with Crippen molar-refractivity contribution >= 4 is 17.7 Å². The molecule has 0 aromatic heterocycles. The molecule has 0 atom stereocenters. The monoisotopic (exact) mass is 378 g/mol. The van der Waals surface area contributed by atoms with E-state index < -0.39 is 17.7 Å². The van der Waals surface area contributed by atoms with Gasteiger partial charge in [0.25, 0.3) is 0 Å². The van der Waals surface area contributed by atoms with E-state index in [1.54, 1.807) is 21.1 Å². The van der Waals surface area contributed by atoms with Crippen LogP contribution in [0.5, 0.6) is 5.75 Å². The zero-order valence-electron chi connectivity index (χ0n) is 17.0. The Bertz CT molecular complexity index is 647. The van der Waals surface area contributed by atoms with Gasteiger partial charge in [0, 0.05) is 37.5 Å². The zero-order valence-corrected chi connectivity index (χ0v) is 17.0. The summed E-state index contributed by atoms with van der Waals surface area (Å²) in [5.41, 5.74) is 0.872. The lowest BCUT2D eigenvalue weighted by atomic mass is 10.2. The van der Waals surface area contributed by atoms with Gasteiger partial charge in [0.05, 0.1) is 13.7 Å². The van der Waals surface area contributed by atoms with Crippen LogP contribution < -0.4 is 10.1 Å². The Morgan fingerprint density at radius 2 is 1.81 bits per heavy atom. The third kappa shape index (κ3) is 8.99. The molecule has 1 rings (SSSR count). The number of hydrogen-bond acceptors (Lipinski definition) is 6. The molecule has 1 aromatic carbocycles. The molecule has 0 aliphatic heterocycles. The minimum absolute atomic E-state index is 0.295. The summed E-state index contributed by atoms with van der Waals surface area (Å²) in [5, 5.41) is 3.19. The highest BCUT2D eigenvalue weighted by molar-refractivity contribution is 5.83. The van der Waals surface area contributed by atoms with Gasteiger partial charge in [-0.05, 0) is 52.0 Å². The van der Waals surface area contributed by atoms with Crippen molar-refractivity contribution in [1.29, 1.82) is 0 Å². The summed E-state index contributed by atoms with van der Waals surface area (Å²) in [6.45, 7) is 7.87. The fourth-order valence-electron chi connectivity index (χ4n) is 2.08. The van der Waals surface area contributed by atoms with Gasteiger partial charge in [0.15, 0.2) is 0 Å². The van der Waals surface area contributed by atoms with Crippen molar-refractivity contribution in [1.82, 2.24) is 4.90 Å². The Balaban J connectivity index is 2.79. The molecule has 0 aliphatic carbocycles. The number of esters is 1. The number of anilines is 1. The summed E-state index contributed by atoms with van der Waals surface area (Å²) in [6, 6.07) is 7.32. The number of nitrogens with zero attached hydrogens (tertiary/aromatic N) is 1. The van der Waals surface area contributed by atoms with Gasteiger partial charge in [0.2, 0.25) is 0 Å². The number of methoxy groups -OCH3 is 1. The van der Waals surface area contributed by atoms with Gasteiger partial charge in [-0.3, -0.25) is 0 Å². The molecule has 0 saturated carbocycles. The fraction of sp³-hybridized carbons (Fsp3) is 0.500. The minimum Gasteiger partial charge on any atom is -0.497 e. The molecule has 0 unspecified atom stereocenters. The van der Waals surface area contributed by atoms with Crippen LogP contribution in [-0.2, 0) is 14.3 Å². The third-order valence-corrected chi connectivity index (χ3v) is 3.40. The van der Waals surface area contributed by atoms with Gasteiger partial charge in [0.1, 0.15) is 11.4 Å². The lowest BCUT2D eigenvalue weighted by molar-refractivity contribution is -0.137. The van der Waals surface area contributed by atoms with E-state index in [2.05, 4.69) is 5.32 Å². The smallest absolute Gasteiger partial charge is 0.410 e. The highest BCUT2D eigenvalue weighted by Crippen LogP contribution is 2.18. The third-order valence-electron chi connectivity index (χ3n) is 3.40. The Kier molecular flexibility index (Phi) is 8.65. The van der Waals surface area contributed by atoms with Crippen molar-refractivity contribution in [3.63, 3.8) is 0 Å². The number of ether oxygens (including phenoxy) is 3. The lowest BCUT2D eigenvalue weighted by Gasteiger charge is -2.25. The number of hydrogen-bond donors (Lipinski definition) is 1. The van der Waals surface area contributed by atoms with Gasteiger partial charge in [-0.2, -0.15) is 0 Å². The first-order valence-corrected chi connectivity index (χ1v) is 8.87. The number of benzene rings is 1. The Morgan fingerprint density at radius 3 is 2.33 bits per heavy atom. The fourth-order valence-corrected chi connectivity index (χ4v) is 2.08. The molecule has 0 aliphatic rings. The van der Waals surface area contributed by atoms with Crippen LogP contribution in [0.15, 0.2) is 36.0 Å². The van der Waals surface area contributed by atoms with E-state index >= 15 is 0 Å². The molecule has 7 nitrogen and oxygen atoms in total. The van der Waals surface area contributed by atoms with Crippen LogP contribution in [0.4, 0.5) is 10.5 Å². The molecule has 27 heavy (non-hydrogen) atoms. The molecule has 150 valence electrons. The van der Waals surface area contributed by atoms with Crippen molar-refractivity contribution < 1.29 is 23.8 Å². The molecule has 0 heterocycles. The predicted molar refractivity (Wildman–Crippen MR) is 105 cm³/mol. The van der Waals surface area contributed by atoms with E-state index in [0.717, 1.165) is 11.4 Å². The Hall–Kier alpha value is -2.70. The second-order valence-electron chi connectivity index (χ2n) is 6.93. The summed E-state index contributed by atoms with van der Waals surface area (Å²) in [5.74, 6) is 0.301. The van der Waals surface area contributed by atoms with Crippen molar-refractivity contribution in [2.45, 2.75) is 39.7 Å².